The van der Waals surface area contributed by atoms with Crippen molar-refractivity contribution in [2.45, 2.75) is 33.6 Å². The lowest BCUT2D eigenvalue weighted by Crippen LogP contribution is -2.39. The van der Waals surface area contributed by atoms with Gasteiger partial charge in [-0.25, -0.2) is 0 Å². The van der Waals surface area contributed by atoms with E-state index in [0.717, 1.165) is 47.6 Å². The first-order valence-electron chi connectivity index (χ1n) is 9.85. The number of aromatic nitrogens is 2. The summed E-state index contributed by atoms with van der Waals surface area (Å²) in [5, 5.41) is 11.8. The van der Waals surface area contributed by atoms with Crippen LogP contribution in [0.1, 0.15) is 41.6 Å². The zero-order valence-corrected chi connectivity index (χ0v) is 16.6. The molecular weight excluding hydrogens is 356 g/mol. The van der Waals surface area contributed by atoms with E-state index in [4.69, 9.17) is 8.83 Å². The number of nitrogens with zero attached hydrogens (tertiary/aromatic N) is 3. The van der Waals surface area contributed by atoms with Gasteiger partial charge in [-0.05, 0) is 57.8 Å². The first-order valence-corrected chi connectivity index (χ1v) is 9.85. The second-order valence-electron chi connectivity index (χ2n) is 7.75. The summed E-state index contributed by atoms with van der Waals surface area (Å²) < 4.78 is 11.5. The molecule has 1 aromatic carbocycles. The molecule has 1 aliphatic heterocycles. The number of carbonyl (C=O) groups is 1. The van der Waals surface area contributed by atoms with Gasteiger partial charge >= 0.3 is 11.8 Å². The smallest absolute Gasteiger partial charge is 0.308 e. The van der Waals surface area contributed by atoms with Crippen LogP contribution in [0.5, 0.6) is 0 Å². The number of piperidine rings is 1. The van der Waals surface area contributed by atoms with Crippen LogP contribution in [-0.2, 0) is 0 Å². The minimum atomic E-state index is -0.353. The molecule has 148 valence electrons. The molecular formula is C21H26N4O3. The predicted octanol–water partition coefficient (Wildman–Crippen LogP) is 3.56. The number of furan rings is 1. The van der Waals surface area contributed by atoms with Gasteiger partial charge in [0.2, 0.25) is 0 Å². The van der Waals surface area contributed by atoms with Crippen molar-refractivity contribution in [3.05, 3.63) is 35.2 Å². The highest BCUT2D eigenvalue weighted by molar-refractivity contribution is 5.90. The van der Waals surface area contributed by atoms with Crippen LogP contribution in [-0.4, -0.2) is 47.2 Å². The lowest BCUT2D eigenvalue weighted by molar-refractivity contribution is 0.0910. The van der Waals surface area contributed by atoms with E-state index in [0.29, 0.717) is 12.3 Å². The molecule has 1 N–H and O–H groups in total. The fourth-order valence-electron chi connectivity index (χ4n) is 3.63. The number of likely N-dealkylation sites (tertiary alicyclic amines) is 1. The number of rotatable bonds is 5. The Balaban J connectivity index is 1.40. The maximum atomic E-state index is 12.3. The molecule has 0 aliphatic carbocycles. The highest BCUT2D eigenvalue weighted by atomic mass is 16.4. The molecule has 0 bridgehead atoms. The Morgan fingerprint density at radius 2 is 2.00 bits per heavy atom. The molecule has 0 atom stereocenters. The van der Waals surface area contributed by atoms with Crippen LogP contribution in [0.3, 0.4) is 0 Å². The SMILES string of the molecule is Cc1ccc2oc(-c3nnc(C(=O)NCCN4CCC(C)CC4)o3)c(C)c2c1. The van der Waals surface area contributed by atoms with Gasteiger partial charge in [-0.1, -0.05) is 18.6 Å². The third-order valence-corrected chi connectivity index (χ3v) is 5.50. The van der Waals surface area contributed by atoms with Gasteiger partial charge in [-0.2, -0.15) is 0 Å². The summed E-state index contributed by atoms with van der Waals surface area (Å²) in [5.41, 5.74) is 2.84. The van der Waals surface area contributed by atoms with Gasteiger partial charge in [0.25, 0.3) is 5.89 Å². The third-order valence-electron chi connectivity index (χ3n) is 5.50. The van der Waals surface area contributed by atoms with Gasteiger partial charge in [-0.15, -0.1) is 10.2 Å². The van der Waals surface area contributed by atoms with E-state index in [9.17, 15) is 4.79 Å². The third kappa shape index (κ3) is 3.80. The number of amides is 1. The van der Waals surface area contributed by atoms with Crippen molar-refractivity contribution in [1.29, 1.82) is 0 Å². The van der Waals surface area contributed by atoms with Gasteiger partial charge in [-0.3, -0.25) is 4.79 Å². The molecule has 1 fully saturated rings. The molecule has 0 radical (unpaired) electrons. The van der Waals surface area contributed by atoms with Crippen LogP contribution in [0.4, 0.5) is 0 Å². The van der Waals surface area contributed by atoms with Gasteiger partial charge in [0.05, 0.1) is 0 Å². The largest absolute Gasteiger partial charge is 0.451 e. The minimum Gasteiger partial charge on any atom is -0.451 e. The Bertz CT molecular complexity index is 983. The molecule has 4 rings (SSSR count). The number of carbonyl (C=O) groups excluding carboxylic acids is 1. The molecule has 2 aromatic heterocycles. The van der Waals surface area contributed by atoms with Crippen molar-refractivity contribution in [3.8, 4) is 11.7 Å². The molecule has 7 nitrogen and oxygen atoms in total. The Labute approximate surface area is 164 Å². The van der Waals surface area contributed by atoms with Crippen LogP contribution < -0.4 is 5.32 Å². The summed E-state index contributed by atoms with van der Waals surface area (Å²) in [6.45, 7) is 9.85. The quantitative estimate of drug-likeness (QED) is 0.726. The van der Waals surface area contributed by atoms with Crippen LogP contribution in [0.25, 0.3) is 22.6 Å². The fourth-order valence-corrected chi connectivity index (χ4v) is 3.63. The minimum absolute atomic E-state index is 0.0432. The lowest BCUT2D eigenvalue weighted by atomic mass is 9.99. The van der Waals surface area contributed by atoms with E-state index in [-0.39, 0.29) is 17.7 Å². The molecule has 28 heavy (non-hydrogen) atoms. The zero-order chi connectivity index (χ0) is 19.7. The summed E-state index contributed by atoms with van der Waals surface area (Å²) in [6.07, 6.45) is 2.44. The maximum absolute atomic E-state index is 12.3. The summed E-state index contributed by atoms with van der Waals surface area (Å²) >= 11 is 0. The monoisotopic (exact) mass is 382 g/mol. The molecule has 7 heteroatoms. The van der Waals surface area contributed by atoms with Crippen LogP contribution in [0, 0.1) is 19.8 Å². The second-order valence-corrected chi connectivity index (χ2v) is 7.75. The molecule has 1 amide bonds. The van der Waals surface area contributed by atoms with Crippen molar-refractivity contribution in [2.75, 3.05) is 26.2 Å². The highest BCUT2D eigenvalue weighted by Gasteiger charge is 2.21. The van der Waals surface area contributed by atoms with E-state index in [1.165, 1.54) is 12.8 Å². The van der Waals surface area contributed by atoms with E-state index in [1.807, 2.05) is 26.0 Å². The van der Waals surface area contributed by atoms with Crippen molar-refractivity contribution in [3.63, 3.8) is 0 Å². The number of aryl methyl sites for hydroxylation is 2. The molecule has 0 unspecified atom stereocenters. The molecule has 0 spiro atoms. The van der Waals surface area contributed by atoms with Gasteiger partial charge in [0, 0.05) is 24.0 Å². The Hall–Kier alpha value is -2.67. The van der Waals surface area contributed by atoms with Crippen LogP contribution in [0.2, 0.25) is 0 Å². The molecule has 3 aromatic rings. The summed E-state index contributed by atoms with van der Waals surface area (Å²) in [5.74, 6) is 1.14. The normalized spacial score (nSPS) is 16.0. The highest BCUT2D eigenvalue weighted by Crippen LogP contribution is 2.32. The standard InChI is InChI=1S/C21H26N4O3/c1-13-6-9-25(10-7-13)11-8-22-19(26)21-24-23-20(28-21)18-15(3)16-12-14(2)4-5-17(16)27-18/h4-5,12-13H,6-11H2,1-3H3,(H,22,26). The number of nitrogens with one attached hydrogen (secondary N) is 1. The topological polar surface area (TPSA) is 84.4 Å². The van der Waals surface area contributed by atoms with Gasteiger partial charge in [0.15, 0.2) is 5.76 Å². The predicted molar refractivity (Wildman–Crippen MR) is 106 cm³/mol. The Morgan fingerprint density at radius 3 is 2.79 bits per heavy atom. The summed E-state index contributed by atoms with van der Waals surface area (Å²) in [7, 11) is 0. The van der Waals surface area contributed by atoms with Crippen LogP contribution in [0.15, 0.2) is 27.0 Å². The van der Waals surface area contributed by atoms with E-state index in [2.05, 4.69) is 33.4 Å². The molecule has 1 saturated heterocycles. The van der Waals surface area contributed by atoms with Crippen LogP contribution >= 0.6 is 0 Å². The molecule has 1 aliphatic rings. The average Bonchev–Trinajstić information content (AvgIpc) is 3.29. The van der Waals surface area contributed by atoms with Crippen molar-refractivity contribution >= 4 is 16.9 Å². The first-order chi connectivity index (χ1) is 13.5. The summed E-state index contributed by atoms with van der Waals surface area (Å²) in [4.78, 5) is 14.7. The van der Waals surface area contributed by atoms with Crippen molar-refractivity contribution in [2.24, 2.45) is 5.92 Å². The van der Waals surface area contributed by atoms with Gasteiger partial charge < -0.3 is 19.1 Å². The van der Waals surface area contributed by atoms with E-state index >= 15 is 0 Å². The number of hydrogen-bond donors (Lipinski definition) is 1. The summed E-state index contributed by atoms with van der Waals surface area (Å²) in [6, 6.07) is 5.97. The fraction of sp³-hybridized carbons (Fsp3) is 0.476. The molecule has 0 saturated carbocycles. The Kier molecular flexibility index (Phi) is 5.17. The van der Waals surface area contributed by atoms with E-state index in [1.54, 1.807) is 0 Å². The van der Waals surface area contributed by atoms with E-state index < -0.39 is 0 Å². The zero-order valence-electron chi connectivity index (χ0n) is 16.6. The average molecular weight is 382 g/mol. The lowest BCUT2D eigenvalue weighted by Gasteiger charge is -2.29. The van der Waals surface area contributed by atoms with Crippen molar-refractivity contribution in [1.82, 2.24) is 20.4 Å². The maximum Gasteiger partial charge on any atom is 0.308 e. The first kappa shape index (κ1) is 18.7. The number of benzene rings is 1. The van der Waals surface area contributed by atoms with Crippen molar-refractivity contribution < 1.29 is 13.6 Å². The Morgan fingerprint density at radius 1 is 1.21 bits per heavy atom. The molecule has 3 heterocycles. The number of fused-ring (bicyclic) bond motifs is 1. The van der Waals surface area contributed by atoms with Gasteiger partial charge in [0.1, 0.15) is 5.58 Å². The second kappa shape index (κ2) is 7.75. The number of hydrogen-bond acceptors (Lipinski definition) is 6.